The molecule has 3 aromatic rings. The molecule has 0 aliphatic rings. The van der Waals surface area contributed by atoms with Gasteiger partial charge in [-0.3, -0.25) is 4.79 Å². The maximum Gasteiger partial charge on any atom is 0.241 e. The number of rotatable bonds is 8. The summed E-state index contributed by atoms with van der Waals surface area (Å²) in [5, 5.41) is 2.97. The van der Waals surface area contributed by atoms with Gasteiger partial charge in [0.05, 0.1) is 10.9 Å². The second-order valence-electron chi connectivity index (χ2n) is 8.38. The molecule has 0 radical (unpaired) electrons. The van der Waals surface area contributed by atoms with Crippen LogP contribution >= 0.6 is 15.9 Å². The molecule has 0 spiro atoms. The molecule has 2 atom stereocenters. The fourth-order valence-electron chi connectivity index (χ4n) is 4.05. The molecule has 0 fully saturated rings. The lowest BCUT2D eigenvalue weighted by atomic mass is 10.0. The average molecular weight is 530 g/mol. The summed E-state index contributed by atoms with van der Waals surface area (Å²) in [5.41, 5.74) is 4.09. The third-order valence-electron chi connectivity index (χ3n) is 5.48. The van der Waals surface area contributed by atoms with Crippen molar-refractivity contribution in [3.63, 3.8) is 0 Å². The Hall–Kier alpha value is -2.48. The lowest BCUT2D eigenvalue weighted by Crippen LogP contribution is -2.48. The van der Waals surface area contributed by atoms with Crippen LogP contribution in [-0.4, -0.2) is 20.4 Å². The minimum Gasteiger partial charge on any atom is -0.348 e. The molecule has 0 heterocycles. The summed E-state index contributed by atoms with van der Waals surface area (Å²) in [5.74, 6) is -0.377. The van der Waals surface area contributed by atoms with Gasteiger partial charge in [0.15, 0.2) is 0 Å². The first-order valence-corrected chi connectivity index (χ1v) is 13.0. The summed E-state index contributed by atoms with van der Waals surface area (Å²) in [6, 6.07) is 19.5. The predicted molar refractivity (Wildman–Crippen MR) is 136 cm³/mol. The maximum atomic E-state index is 13.4. The minimum atomic E-state index is -3.93. The van der Waals surface area contributed by atoms with Crippen molar-refractivity contribution < 1.29 is 13.2 Å². The lowest BCUT2D eigenvalue weighted by molar-refractivity contribution is -0.123. The fourth-order valence-corrected chi connectivity index (χ4v) is 6.11. The molecule has 0 aromatic heterocycles. The summed E-state index contributed by atoms with van der Waals surface area (Å²) in [4.78, 5) is 13.5. The van der Waals surface area contributed by atoms with Crippen LogP contribution in [0.25, 0.3) is 0 Å². The Kier molecular flexibility index (Phi) is 8.10. The highest BCUT2D eigenvalue weighted by Crippen LogP contribution is 2.23. The predicted octanol–water partition coefficient (Wildman–Crippen LogP) is 5.14. The van der Waals surface area contributed by atoms with Gasteiger partial charge in [0.1, 0.15) is 6.04 Å². The van der Waals surface area contributed by atoms with Crippen LogP contribution in [-0.2, 0) is 21.2 Å². The number of carbonyl (C=O) groups is 1. The van der Waals surface area contributed by atoms with Gasteiger partial charge < -0.3 is 5.32 Å². The van der Waals surface area contributed by atoms with Crippen LogP contribution in [0.3, 0.4) is 0 Å². The molecule has 0 bridgehead atoms. The topological polar surface area (TPSA) is 75.3 Å². The second-order valence-corrected chi connectivity index (χ2v) is 10.9. The SMILES string of the molecule is Cc1cc(C)c(S(=O)(=O)N[C@H](Cc2ccccc2)C(=O)N[C@@H](C)c2cccc(Br)c2)c(C)c1. The Labute approximate surface area is 204 Å². The first-order valence-electron chi connectivity index (χ1n) is 10.8. The summed E-state index contributed by atoms with van der Waals surface area (Å²) in [7, 11) is -3.93. The quantitative estimate of drug-likeness (QED) is 0.424. The molecule has 0 aliphatic carbocycles. The molecular formula is C26H29BrN2O3S. The van der Waals surface area contributed by atoms with E-state index in [1.165, 1.54) is 0 Å². The number of sulfonamides is 1. The highest BCUT2D eigenvalue weighted by molar-refractivity contribution is 9.10. The van der Waals surface area contributed by atoms with E-state index in [9.17, 15) is 13.2 Å². The molecule has 0 aliphatic heterocycles. The lowest BCUT2D eigenvalue weighted by Gasteiger charge is -2.23. The zero-order valence-corrected chi connectivity index (χ0v) is 21.6. The van der Waals surface area contributed by atoms with Crippen molar-refractivity contribution in [1.29, 1.82) is 0 Å². The third kappa shape index (κ3) is 6.53. The van der Waals surface area contributed by atoms with Crippen molar-refractivity contribution in [1.82, 2.24) is 10.0 Å². The molecule has 1 amide bonds. The Balaban J connectivity index is 1.90. The van der Waals surface area contributed by atoms with E-state index in [1.807, 2.05) is 80.6 Å². The van der Waals surface area contributed by atoms with Crippen LogP contribution in [0.5, 0.6) is 0 Å². The molecule has 0 saturated carbocycles. The molecule has 3 rings (SSSR count). The van der Waals surface area contributed by atoms with Gasteiger partial charge in [-0.2, -0.15) is 4.72 Å². The first kappa shape index (κ1) is 25.1. The van der Waals surface area contributed by atoms with Gasteiger partial charge in [-0.1, -0.05) is 76.1 Å². The van der Waals surface area contributed by atoms with Crippen molar-refractivity contribution in [2.75, 3.05) is 0 Å². The monoisotopic (exact) mass is 528 g/mol. The zero-order chi connectivity index (χ0) is 24.2. The van der Waals surface area contributed by atoms with Crippen LogP contribution in [0, 0.1) is 20.8 Å². The first-order chi connectivity index (χ1) is 15.6. The van der Waals surface area contributed by atoms with Crippen LogP contribution in [0.15, 0.2) is 76.1 Å². The summed E-state index contributed by atoms with van der Waals surface area (Å²) in [6.07, 6.45) is 0.237. The van der Waals surface area contributed by atoms with E-state index in [0.29, 0.717) is 11.1 Å². The normalized spacial score (nSPS) is 13.4. The Bertz CT molecular complexity index is 1220. The summed E-state index contributed by atoms with van der Waals surface area (Å²) in [6.45, 7) is 7.35. The van der Waals surface area contributed by atoms with Crippen LogP contribution < -0.4 is 10.0 Å². The van der Waals surface area contributed by atoms with Crippen LogP contribution in [0.4, 0.5) is 0 Å². The summed E-state index contributed by atoms with van der Waals surface area (Å²) >= 11 is 3.45. The third-order valence-corrected chi connectivity index (χ3v) is 7.75. The Morgan fingerprint density at radius 1 is 0.939 bits per heavy atom. The zero-order valence-electron chi connectivity index (χ0n) is 19.2. The Morgan fingerprint density at radius 2 is 1.58 bits per heavy atom. The highest BCUT2D eigenvalue weighted by Gasteiger charge is 2.29. The van der Waals surface area contributed by atoms with E-state index in [-0.39, 0.29) is 23.3 Å². The fraction of sp³-hybridized carbons (Fsp3) is 0.269. The molecule has 0 unspecified atom stereocenters. The molecular weight excluding hydrogens is 500 g/mol. The largest absolute Gasteiger partial charge is 0.348 e. The number of aryl methyl sites for hydroxylation is 3. The minimum absolute atomic E-state index is 0.221. The molecule has 2 N–H and O–H groups in total. The van der Waals surface area contributed by atoms with Crippen LogP contribution in [0.1, 0.15) is 40.8 Å². The van der Waals surface area contributed by atoms with E-state index >= 15 is 0 Å². The Morgan fingerprint density at radius 3 is 2.18 bits per heavy atom. The van der Waals surface area contributed by atoms with E-state index in [4.69, 9.17) is 0 Å². The second kappa shape index (κ2) is 10.6. The molecule has 33 heavy (non-hydrogen) atoms. The van der Waals surface area contributed by atoms with E-state index in [0.717, 1.165) is 21.2 Å². The molecule has 7 heteroatoms. The van der Waals surface area contributed by atoms with Gasteiger partial charge in [-0.15, -0.1) is 0 Å². The van der Waals surface area contributed by atoms with Gasteiger partial charge in [0, 0.05) is 4.47 Å². The van der Waals surface area contributed by atoms with Gasteiger partial charge >= 0.3 is 0 Å². The van der Waals surface area contributed by atoms with Crippen molar-refractivity contribution in [2.24, 2.45) is 0 Å². The van der Waals surface area contributed by atoms with Gasteiger partial charge in [0.2, 0.25) is 15.9 Å². The van der Waals surface area contributed by atoms with Crippen molar-refractivity contribution >= 4 is 31.9 Å². The standard InChI is InChI=1S/C26H29BrN2O3S/c1-17-13-18(2)25(19(3)14-17)33(31,32)29-24(15-21-9-6-5-7-10-21)26(30)28-20(4)22-11-8-12-23(27)16-22/h5-14,16,20,24,29H,15H2,1-4H3,(H,28,30)/t20-,24+/m0/s1. The number of halogens is 1. The molecule has 5 nitrogen and oxygen atoms in total. The van der Waals surface area contributed by atoms with Crippen molar-refractivity contribution in [3.8, 4) is 0 Å². The van der Waals surface area contributed by atoms with E-state index in [2.05, 4.69) is 26.0 Å². The summed E-state index contributed by atoms with van der Waals surface area (Å²) < 4.78 is 30.4. The molecule has 174 valence electrons. The van der Waals surface area contributed by atoms with Crippen molar-refractivity contribution in [2.45, 2.75) is 51.1 Å². The average Bonchev–Trinajstić information content (AvgIpc) is 2.72. The van der Waals surface area contributed by atoms with Gasteiger partial charge in [-0.25, -0.2) is 8.42 Å². The van der Waals surface area contributed by atoms with E-state index in [1.54, 1.807) is 13.8 Å². The van der Waals surface area contributed by atoms with E-state index < -0.39 is 16.1 Å². The molecule has 0 saturated heterocycles. The number of carbonyl (C=O) groups excluding carboxylic acids is 1. The smallest absolute Gasteiger partial charge is 0.241 e. The number of nitrogens with one attached hydrogen (secondary N) is 2. The number of amides is 1. The maximum absolute atomic E-state index is 13.4. The van der Waals surface area contributed by atoms with Gasteiger partial charge in [0.25, 0.3) is 0 Å². The number of hydrogen-bond acceptors (Lipinski definition) is 3. The van der Waals surface area contributed by atoms with Crippen molar-refractivity contribution in [3.05, 3.63) is 99.0 Å². The number of benzene rings is 3. The highest BCUT2D eigenvalue weighted by atomic mass is 79.9. The van der Waals surface area contributed by atoms with Crippen LogP contribution in [0.2, 0.25) is 0 Å². The number of hydrogen-bond donors (Lipinski definition) is 2. The molecule has 3 aromatic carbocycles. The van der Waals surface area contributed by atoms with Gasteiger partial charge in [-0.05, 0) is 68.5 Å².